The van der Waals surface area contributed by atoms with E-state index in [2.05, 4.69) is 24.0 Å². The smallest absolute Gasteiger partial charge is 0.338 e. The number of aromatic nitrogens is 2. The molecule has 0 N–H and O–H groups in total. The standard InChI is InChI=1S/C15H17F3N2OS/c1-9(2)8-22-10(3)14-19-13(20-21-14)11-5-4-6-12(7-11)15(16,17)18/h4-7,9-10H,8H2,1-3H3. The van der Waals surface area contributed by atoms with Crippen LogP contribution in [0.3, 0.4) is 0 Å². The second-order valence-corrected chi connectivity index (χ2v) is 6.78. The zero-order chi connectivity index (χ0) is 16.3. The molecule has 0 amide bonds. The molecule has 120 valence electrons. The molecule has 0 aliphatic rings. The van der Waals surface area contributed by atoms with Crippen LogP contribution in [0.5, 0.6) is 0 Å². The largest absolute Gasteiger partial charge is 0.416 e. The molecule has 1 aromatic carbocycles. The van der Waals surface area contributed by atoms with Gasteiger partial charge < -0.3 is 4.52 Å². The van der Waals surface area contributed by atoms with Crippen molar-refractivity contribution in [3.63, 3.8) is 0 Å². The van der Waals surface area contributed by atoms with Crippen molar-refractivity contribution < 1.29 is 17.7 Å². The maximum Gasteiger partial charge on any atom is 0.416 e. The second kappa shape index (κ2) is 6.73. The molecule has 0 spiro atoms. The SMILES string of the molecule is CC(C)CSC(C)c1nc(-c2cccc(C(F)(F)F)c2)no1. The van der Waals surface area contributed by atoms with Gasteiger partial charge in [0, 0.05) is 5.56 Å². The Bertz CT molecular complexity index is 625. The second-order valence-electron chi connectivity index (χ2n) is 5.40. The fourth-order valence-electron chi connectivity index (χ4n) is 1.76. The van der Waals surface area contributed by atoms with E-state index < -0.39 is 11.7 Å². The monoisotopic (exact) mass is 330 g/mol. The van der Waals surface area contributed by atoms with E-state index in [1.54, 1.807) is 11.8 Å². The van der Waals surface area contributed by atoms with Crippen molar-refractivity contribution in [2.24, 2.45) is 5.92 Å². The quantitative estimate of drug-likeness (QED) is 0.755. The molecule has 7 heteroatoms. The fourth-order valence-corrected chi connectivity index (χ4v) is 2.67. The number of hydrogen-bond acceptors (Lipinski definition) is 4. The van der Waals surface area contributed by atoms with Crippen LogP contribution in [0.15, 0.2) is 28.8 Å². The lowest BCUT2D eigenvalue weighted by Gasteiger charge is -2.08. The molecular formula is C15H17F3N2OS. The van der Waals surface area contributed by atoms with Gasteiger partial charge in [-0.2, -0.15) is 18.2 Å². The molecule has 22 heavy (non-hydrogen) atoms. The summed E-state index contributed by atoms with van der Waals surface area (Å²) >= 11 is 1.68. The minimum atomic E-state index is -4.39. The molecule has 0 saturated heterocycles. The van der Waals surface area contributed by atoms with Gasteiger partial charge in [-0.25, -0.2) is 0 Å². The van der Waals surface area contributed by atoms with Crippen molar-refractivity contribution in [3.05, 3.63) is 35.7 Å². The third-order valence-corrected chi connectivity index (χ3v) is 4.48. The van der Waals surface area contributed by atoms with E-state index in [1.807, 2.05) is 6.92 Å². The van der Waals surface area contributed by atoms with Gasteiger partial charge in [-0.05, 0) is 30.7 Å². The van der Waals surface area contributed by atoms with Gasteiger partial charge in [-0.3, -0.25) is 0 Å². The van der Waals surface area contributed by atoms with Crippen molar-refractivity contribution in [1.82, 2.24) is 10.1 Å². The van der Waals surface area contributed by atoms with Crippen LogP contribution in [0.2, 0.25) is 0 Å². The predicted molar refractivity (Wildman–Crippen MR) is 80.4 cm³/mol. The van der Waals surface area contributed by atoms with Gasteiger partial charge in [0.2, 0.25) is 11.7 Å². The highest BCUT2D eigenvalue weighted by Crippen LogP contribution is 2.33. The molecule has 1 heterocycles. The zero-order valence-corrected chi connectivity index (χ0v) is 13.3. The average molecular weight is 330 g/mol. The van der Waals surface area contributed by atoms with Crippen LogP contribution in [0, 0.1) is 5.92 Å². The Morgan fingerprint density at radius 1 is 1.23 bits per heavy atom. The first-order chi connectivity index (χ1) is 10.3. The summed E-state index contributed by atoms with van der Waals surface area (Å²) in [5, 5.41) is 3.80. The summed E-state index contributed by atoms with van der Waals surface area (Å²) < 4.78 is 43.4. The minimum Gasteiger partial charge on any atom is -0.338 e. The molecule has 1 atom stereocenters. The Morgan fingerprint density at radius 2 is 1.95 bits per heavy atom. The minimum absolute atomic E-state index is 0.00875. The molecule has 0 aliphatic carbocycles. The van der Waals surface area contributed by atoms with Gasteiger partial charge in [-0.1, -0.05) is 31.1 Å². The van der Waals surface area contributed by atoms with Gasteiger partial charge in [0.05, 0.1) is 10.8 Å². The van der Waals surface area contributed by atoms with Crippen LogP contribution >= 0.6 is 11.8 Å². The third-order valence-electron chi connectivity index (χ3n) is 2.92. The van der Waals surface area contributed by atoms with Crippen molar-refractivity contribution in [3.8, 4) is 11.4 Å². The topological polar surface area (TPSA) is 38.9 Å². The van der Waals surface area contributed by atoms with E-state index in [4.69, 9.17) is 4.52 Å². The molecule has 2 aromatic rings. The van der Waals surface area contributed by atoms with Crippen molar-refractivity contribution in [2.75, 3.05) is 5.75 Å². The van der Waals surface area contributed by atoms with Crippen LogP contribution in [0.4, 0.5) is 13.2 Å². The number of thioether (sulfide) groups is 1. The van der Waals surface area contributed by atoms with Crippen LogP contribution in [-0.2, 0) is 6.18 Å². The molecule has 0 aliphatic heterocycles. The Balaban J connectivity index is 2.18. The normalized spacial score (nSPS) is 13.6. The first-order valence-corrected chi connectivity index (χ1v) is 7.95. The number of rotatable bonds is 5. The van der Waals surface area contributed by atoms with Gasteiger partial charge in [0.15, 0.2) is 0 Å². The molecular weight excluding hydrogens is 313 g/mol. The number of hydrogen-bond donors (Lipinski definition) is 0. The van der Waals surface area contributed by atoms with E-state index in [0.29, 0.717) is 17.4 Å². The fraction of sp³-hybridized carbons (Fsp3) is 0.467. The summed E-state index contributed by atoms with van der Waals surface area (Å²) in [7, 11) is 0. The molecule has 0 bridgehead atoms. The zero-order valence-electron chi connectivity index (χ0n) is 12.5. The summed E-state index contributed by atoms with van der Waals surface area (Å²) in [5.41, 5.74) is -0.426. The molecule has 0 fully saturated rings. The summed E-state index contributed by atoms with van der Waals surface area (Å²) in [6.07, 6.45) is -4.39. The molecule has 3 nitrogen and oxygen atoms in total. The summed E-state index contributed by atoms with van der Waals surface area (Å²) in [4.78, 5) is 4.22. The van der Waals surface area contributed by atoms with E-state index in [-0.39, 0.29) is 11.1 Å². The summed E-state index contributed by atoms with van der Waals surface area (Å²) in [6, 6.07) is 4.92. The van der Waals surface area contributed by atoms with Crippen LogP contribution in [0.25, 0.3) is 11.4 Å². The van der Waals surface area contributed by atoms with Gasteiger partial charge in [-0.15, -0.1) is 11.8 Å². The number of halogens is 3. The maximum absolute atomic E-state index is 12.7. The Labute approximate surface area is 131 Å². The summed E-state index contributed by atoms with van der Waals surface area (Å²) in [5.74, 6) is 2.09. The lowest BCUT2D eigenvalue weighted by Crippen LogP contribution is -2.04. The molecule has 2 rings (SSSR count). The van der Waals surface area contributed by atoms with Gasteiger partial charge in [0.1, 0.15) is 0 Å². The number of nitrogens with zero attached hydrogens (tertiary/aromatic N) is 2. The van der Waals surface area contributed by atoms with E-state index in [1.165, 1.54) is 12.1 Å². The molecule has 1 unspecified atom stereocenters. The van der Waals surface area contributed by atoms with Crippen molar-refractivity contribution >= 4 is 11.8 Å². The highest BCUT2D eigenvalue weighted by atomic mass is 32.2. The Kier molecular flexibility index (Phi) is 5.16. The van der Waals surface area contributed by atoms with Gasteiger partial charge in [0.25, 0.3) is 0 Å². The lowest BCUT2D eigenvalue weighted by atomic mass is 10.1. The third kappa shape index (κ3) is 4.25. The first-order valence-electron chi connectivity index (χ1n) is 6.90. The molecule has 0 radical (unpaired) electrons. The number of alkyl halides is 3. The van der Waals surface area contributed by atoms with Crippen LogP contribution in [-0.4, -0.2) is 15.9 Å². The highest BCUT2D eigenvalue weighted by Gasteiger charge is 2.30. The highest BCUT2D eigenvalue weighted by molar-refractivity contribution is 7.99. The van der Waals surface area contributed by atoms with Crippen molar-refractivity contribution in [2.45, 2.75) is 32.2 Å². The van der Waals surface area contributed by atoms with Crippen molar-refractivity contribution in [1.29, 1.82) is 0 Å². The summed E-state index contributed by atoms with van der Waals surface area (Å²) in [6.45, 7) is 6.17. The molecule has 0 saturated carbocycles. The van der Waals surface area contributed by atoms with Crippen LogP contribution in [0.1, 0.15) is 37.5 Å². The number of benzene rings is 1. The van der Waals surface area contributed by atoms with Crippen LogP contribution < -0.4 is 0 Å². The Hall–Kier alpha value is -1.50. The van der Waals surface area contributed by atoms with E-state index in [9.17, 15) is 13.2 Å². The first kappa shape index (κ1) is 16.9. The average Bonchev–Trinajstić information content (AvgIpc) is 2.94. The maximum atomic E-state index is 12.7. The lowest BCUT2D eigenvalue weighted by molar-refractivity contribution is -0.137. The van der Waals surface area contributed by atoms with E-state index in [0.717, 1.165) is 17.9 Å². The Morgan fingerprint density at radius 3 is 2.59 bits per heavy atom. The van der Waals surface area contributed by atoms with E-state index >= 15 is 0 Å². The van der Waals surface area contributed by atoms with Gasteiger partial charge >= 0.3 is 6.18 Å². The molecule has 1 aromatic heterocycles. The predicted octanol–water partition coefficient (Wildman–Crippen LogP) is 5.21.